The van der Waals surface area contributed by atoms with Gasteiger partial charge in [-0.1, -0.05) is 15.9 Å². The summed E-state index contributed by atoms with van der Waals surface area (Å²) in [7, 11) is 1.80. The Morgan fingerprint density at radius 3 is 2.65 bits per heavy atom. The van der Waals surface area contributed by atoms with Gasteiger partial charge in [-0.25, -0.2) is 0 Å². The third kappa shape index (κ3) is 3.75. The molecular formula is C13H13BrF3N3. The highest BCUT2D eigenvalue weighted by atomic mass is 79.9. The Morgan fingerprint density at radius 2 is 2.05 bits per heavy atom. The van der Waals surface area contributed by atoms with Gasteiger partial charge in [0.15, 0.2) is 0 Å². The first-order valence-electron chi connectivity index (χ1n) is 5.95. The molecular weight excluding hydrogens is 335 g/mol. The molecule has 0 atom stereocenters. The molecule has 2 aromatic rings. The first-order valence-corrected chi connectivity index (χ1v) is 6.75. The fourth-order valence-corrected chi connectivity index (χ4v) is 2.19. The van der Waals surface area contributed by atoms with Gasteiger partial charge in [0.05, 0.1) is 11.3 Å². The number of halogens is 4. The Morgan fingerprint density at radius 1 is 1.30 bits per heavy atom. The summed E-state index contributed by atoms with van der Waals surface area (Å²) in [5, 5.41) is 6.99. The van der Waals surface area contributed by atoms with E-state index >= 15 is 0 Å². The van der Waals surface area contributed by atoms with Crippen LogP contribution in [-0.4, -0.2) is 16.3 Å². The van der Waals surface area contributed by atoms with E-state index in [4.69, 9.17) is 0 Å². The second-order valence-corrected chi connectivity index (χ2v) is 5.26. The van der Waals surface area contributed by atoms with Gasteiger partial charge in [0.1, 0.15) is 0 Å². The zero-order valence-corrected chi connectivity index (χ0v) is 12.3. The molecule has 108 valence electrons. The van der Waals surface area contributed by atoms with E-state index in [0.717, 1.165) is 11.8 Å². The van der Waals surface area contributed by atoms with E-state index in [-0.39, 0.29) is 5.69 Å². The Kier molecular flexibility index (Phi) is 4.37. The van der Waals surface area contributed by atoms with Crippen LogP contribution in [0.3, 0.4) is 0 Å². The lowest BCUT2D eigenvalue weighted by Gasteiger charge is -2.14. The number of rotatable bonds is 4. The van der Waals surface area contributed by atoms with E-state index < -0.39 is 11.7 Å². The third-order valence-electron chi connectivity index (χ3n) is 2.75. The fourth-order valence-electron chi connectivity index (χ4n) is 1.83. The van der Waals surface area contributed by atoms with Gasteiger partial charge in [0.2, 0.25) is 0 Å². The minimum Gasteiger partial charge on any atom is -0.384 e. The Bertz CT molecular complexity index is 593. The van der Waals surface area contributed by atoms with Gasteiger partial charge in [-0.15, -0.1) is 0 Å². The molecule has 2 rings (SSSR count). The minimum atomic E-state index is -4.38. The van der Waals surface area contributed by atoms with Crippen LogP contribution in [0.25, 0.3) is 0 Å². The van der Waals surface area contributed by atoms with Gasteiger partial charge in [-0.2, -0.15) is 18.3 Å². The Hall–Kier alpha value is -1.50. The van der Waals surface area contributed by atoms with Gasteiger partial charge < -0.3 is 5.32 Å². The minimum absolute atomic E-state index is 0.0802. The summed E-state index contributed by atoms with van der Waals surface area (Å²) in [5.41, 5.74) is 0.246. The number of hydrogen-bond donors (Lipinski definition) is 1. The van der Waals surface area contributed by atoms with Crippen molar-refractivity contribution < 1.29 is 13.2 Å². The van der Waals surface area contributed by atoms with E-state index in [1.807, 2.05) is 6.07 Å². The number of aromatic nitrogens is 2. The van der Waals surface area contributed by atoms with Crippen LogP contribution in [0.15, 0.2) is 34.9 Å². The molecule has 0 radical (unpaired) electrons. The second-order valence-electron chi connectivity index (χ2n) is 4.35. The monoisotopic (exact) mass is 347 g/mol. The van der Waals surface area contributed by atoms with Crippen LogP contribution in [0.4, 0.5) is 18.9 Å². The fraction of sp³-hybridized carbons (Fsp3) is 0.308. The zero-order valence-electron chi connectivity index (χ0n) is 10.7. The van der Waals surface area contributed by atoms with Crippen LogP contribution >= 0.6 is 15.9 Å². The van der Waals surface area contributed by atoms with E-state index in [1.165, 1.54) is 6.07 Å². The van der Waals surface area contributed by atoms with E-state index in [1.54, 1.807) is 24.0 Å². The smallest absolute Gasteiger partial charge is 0.384 e. The Labute approximate surface area is 122 Å². The largest absolute Gasteiger partial charge is 0.418 e. The summed E-state index contributed by atoms with van der Waals surface area (Å²) in [5.74, 6) is 0. The highest BCUT2D eigenvalue weighted by Gasteiger charge is 2.33. The van der Waals surface area contributed by atoms with Crippen LogP contribution in [0.5, 0.6) is 0 Å². The van der Waals surface area contributed by atoms with Gasteiger partial charge in [0.25, 0.3) is 0 Å². The summed E-state index contributed by atoms with van der Waals surface area (Å²) >= 11 is 3.06. The molecule has 20 heavy (non-hydrogen) atoms. The molecule has 1 N–H and O–H groups in total. The van der Waals surface area contributed by atoms with E-state index in [9.17, 15) is 13.2 Å². The van der Waals surface area contributed by atoms with Crippen LogP contribution in [0, 0.1) is 0 Å². The van der Waals surface area contributed by atoms with Crippen molar-refractivity contribution in [3.05, 3.63) is 46.2 Å². The number of nitrogens with zero attached hydrogens (tertiary/aromatic N) is 2. The number of hydrogen-bond acceptors (Lipinski definition) is 2. The third-order valence-corrected chi connectivity index (χ3v) is 3.25. The summed E-state index contributed by atoms with van der Waals surface area (Å²) in [6, 6.07) is 5.92. The SMILES string of the molecule is Cn1ccc(CCNc2ccc(Br)cc2C(F)(F)F)n1. The van der Waals surface area contributed by atoms with Crippen LogP contribution in [-0.2, 0) is 19.6 Å². The van der Waals surface area contributed by atoms with Crippen molar-refractivity contribution in [2.24, 2.45) is 7.05 Å². The first kappa shape index (κ1) is 14.9. The molecule has 0 aliphatic heterocycles. The van der Waals surface area contributed by atoms with Crippen molar-refractivity contribution in [1.29, 1.82) is 0 Å². The normalized spacial score (nSPS) is 11.7. The van der Waals surface area contributed by atoms with Gasteiger partial charge in [0, 0.05) is 36.4 Å². The molecule has 0 bridgehead atoms. The molecule has 0 saturated heterocycles. The molecule has 0 saturated carbocycles. The predicted molar refractivity (Wildman–Crippen MR) is 74.5 cm³/mol. The van der Waals surface area contributed by atoms with Crippen LogP contribution in [0.2, 0.25) is 0 Å². The molecule has 3 nitrogen and oxygen atoms in total. The average Bonchev–Trinajstić information content (AvgIpc) is 2.76. The summed E-state index contributed by atoms with van der Waals surface area (Å²) in [6.45, 7) is 0.391. The summed E-state index contributed by atoms with van der Waals surface area (Å²) in [6.07, 6.45) is -2.01. The molecule has 0 spiro atoms. The number of alkyl halides is 3. The average molecular weight is 348 g/mol. The molecule has 7 heteroatoms. The van der Waals surface area contributed by atoms with Crippen molar-refractivity contribution in [1.82, 2.24) is 9.78 Å². The standard InChI is InChI=1S/C13H13BrF3N3/c1-20-7-5-10(19-20)4-6-18-12-3-2-9(14)8-11(12)13(15,16)17/h2-3,5,7-8,18H,4,6H2,1H3. The lowest BCUT2D eigenvalue weighted by atomic mass is 10.1. The van der Waals surface area contributed by atoms with Crippen molar-refractivity contribution in [2.75, 3.05) is 11.9 Å². The molecule has 1 aromatic carbocycles. The van der Waals surface area contributed by atoms with Crippen molar-refractivity contribution in [2.45, 2.75) is 12.6 Å². The highest BCUT2D eigenvalue weighted by Crippen LogP contribution is 2.36. The highest BCUT2D eigenvalue weighted by molar-refractivity contribution is 9.10. The lowest BCUT2D eigenvalue weighted by molar-refractivity contribution is -0.137. The number of anilines is 1. The molecule has 1 heterocycles. The number of nitrogens with one attached hydrogen (secondary N) is 1. The number of benzene rings is 1. The maximum absolute atomic E-state index is 12.9. The lowest BCUT2D eigenvalue weighted by Crippen LogP contribution is -2.13. The first-order chi connectivity index (χ1) is 9.36. The Balaban J connectivity index is 2.06. The number of aryl methyl sites for hydroxylation is 1. The van der Waals surface area contributed by atoms with Crippen molar-refractivity contribution >= 4 is 21.6 Å². The molecule has 1 aromatic heterocycles. The molecule has 0 amide bonds. The van der Waals surface area contributed by atoms with Gasteiger partial charge in [-0.05, 0) is 24.3 Å². The quantitative estimate of drug-likeness (QED) is 0.910. The van der Waals surface area contributed by atoms with Crippen LogP contribution in [0.1, 0.15) is 11.3 Å². The van der Waals surface area contributed by atoms with Gasteiger partial charge in [-0.3, -0.25) is 4.68 Å². The molecule has 0 unspecified atom stereocenters. The van der Waals surface area contributed by atoms with Crippen molar-refractivity contribution in [3.63, 3.8) is 0 Å². The molecule has 0 aliphatic carbocycles. The predicted octanol–water partition coefficient (Wildman–Crippen LogP) is 3.86. The maximum atomic E-state index is 12.9. The topological polar surface area (TPSA) is 29.9 Å². The second kappa shape index (κ2) is 5.87. The van der Waals surface area contributed by atoms with Crippen molar-refractivity contribution in [3.8, 4) is 0 Å². The van der Waals surface area contributed by atoms with E-state index in [2.05, 4.69) is 26.3 Å². The summed E-state index contributed by atoms with van der Waals surface area (Å²) in [4.78, 5) is 0. The summed E-state index contributed by atoms with van der Waals surface area (Å²) < 4.78 is 40.8. The maximum Gasteiger partial charge on any atom is 0.418 e. The van der Waals surface area contributed by atoms with Gasteiger partial charge >= 0.3 is 6.18 Å². The molecule has 0 aliphatic rings. The van der Waals surface area contributed by atoms with Crippen LogP contribution < -0.4 is 5.32 Å². The zero-order chi connectivity index (χ0) is 14.8. The molecule has 0 fully saturated rings. The van der Waals surface area contributed by atoms with E-state index in [0.29, 0.717) is 17.4 Å².